The van der Waals surface area contributed by atoms with Gasteiger partial charge in [0.25, 0.3) is 5.91 Å². The summed E-state index contributed by atoms with van der Waals surface area (Å²) in [6, 6.07) is 13.0. The van der Waals surface area contributed by atoms with Gasteiger partial charge in [-0.25, -0.2) is 0 Å². The second kappa shape index (κ2) is 8.60. The Morgan fingerprint density at radius 2 is 1.73 bits per heavy atom. The number of nitrogens with one attached hydrogen (secondary N) is 2. The van der Waals surface area contributed by atoms with Gasteiger partial charge in [0.1, 0.15) is 6.10 Å². The first-order valence-electron chi connectivity index (χ1n) is 11.6. The van der Waals surface area contributed by atoms with Crippen LogP contribution in [-0.4, -0.2) is 28.7 Å². The van der Waals surface area contributed by atoms with Crippen LogP contribution in [0.25, 0.3) is 0 Å². The molecule has 1 heterocycles. The van der Waals surface area contributed by atoms with Crippen molar-refractivity contribution in [3.8, 4) is 0 Å². The van der Waals surface area contributed by atoms with Gasteiger partial charge in [0.05, 0.1) is 16.7 Å². The number of esters is 1. The fourth-order valence-electron chi connectivity index (χ4n) is 5.88. The third-order valence-electron chi connectivity index (χ3n) is 7.46. The first kappa shape index (κ1) is 22.1. The van der Waals surface area contributed by atoms with Gasteiger partial charge in [-0.1, -0.05) is 54.0 Å². The van der Waals surface area contributed by atoms with E-state index in [0.29, 0.717) is 11.3 Å². The molecule has 7 heteroatoms. The summed E-state index contributed by atoms with van der Waals surface area (Å²) in [6.45, 7) is 4.13. The molecule has 2 amide bonds. The normalized spacial score (nSPS) is 29.1. The van der Waals surface area contributed by atoms with Crippen molar-refractivity contribution < 1.29 is 19.1 Å². The van der Waals surface area contributed by atoms with E-state index in [1.54, 1.807) is 24.3 Å². The zero-order valence-electron chi connectivity index (χ0n) is 18.6. The highest BCUT2D eigenvalue weighted by molar-refractivity contribution is 9.09. The molecule has 2 aliphatic carbocycles. The third-order valence-corrected chi connectivity index (χ3v) is 8.66. The minimum absolute atomic E-state index is 0.0180. The molecule has 2 aromatic rings. The number of fused-ring (bicyclic) bond motifs is 1. The summed E-state index contributed by atoms with van der Waals surface area (Å²) in [5.41, 5.74) is 4.06. The Labute approximate surface area is 201 Å². The molecule has 0 radical (unpaired) electrons. The number of hydrogen-bond donors (Lipinski definition) is 2. The van der Waals surface area contributed by atoms with Gasteiger partial charge in [-0.2, -0.15) is 0 Å². The lowest BCUT2D eigenvalue weighted by atomic mass is 9.79. The molecule has 5 rings (SSSR count). The lowest BCUT2D eigenvalue weighted by molar-refractivity contribution is -0.145. The van der Waals surface area contributed by atoms with Crippen LogP contribution in [0, 0.1) is 23.7 Å². The Hall–Kier alpha value is -2.67. The predicted octanol–water partition coefficient (Wildman–Crippen LogP) is 4.57. The van der Waals surface area contributed by atoms with Crippen LogP contribution in [0.15, 0.2) is 42.5 Å². The van der Waals surface area contributed by atoms with E-state index in [0.717, 1.165) is 36.1 Å². The zero-order valence-corrected chi connectivity index (χ0v) is 20.2. The highest BCUT2D eigenvalue weighted by atomic mass is 79.9. The highest BCUT2D eigenvalue weighted by Crippen LogP contribution is 2.60. The van der Waals surface area contributed by atoms with Crippen molar-refractivity contribution in [3.05, 3.63) is 59.2 Å². The molecule has 2 N–H and O–H groups in total. The molecule has 33 heavy (non-hydrogen) atoms. The number of halogens is 1. The Morgan fingerprint density at radius 1 is 1.03 bits per heavy atom. The summed E-state index contributed by atoms with van der Waals surface area (Å²) in [5, 5.41) is 6.02. The van der Waals surface area contributed by atoms with Gasteiger partial charge in [0.15, 0.2) is 0 Å². The van der Waals surface area contributed by atoms with Crippen LogP contribution >= 0.6 is 15.9 Å². The molecule has 2 saturated carbocycles. The van der Waals surface area contributed by atoms with E-state index < -0.39 is 5.92 Å². The molecule has 1 saturated heterocycles. The van der Waals surface area contributed by atoms with Gasteiger partial charge in [-0.15, -0.1) is 0 Å². The molecule has 6 nitrogen and oxygen atoms in total. The SMILES string of the molecule is CCc1cccc(CC)c1NC(=O)c1cccc(NC(=O)[C@@H]2[C@H]3C[C@H]4[C@H](OC(=O)[C@@H]42)[C@H]3Br)c1. The van der Waals surface area contributed by atoms with Crippen molar-refractivity contribution in [2.45, 2.75) is 44.0 Å². The first-order valence-corrected chi connectivity index (χ1v) is 12.5. The van der Waals surface area contributed by atoms with Crippen molar-refractivity contribution >= 4 is 45.1 Å². The minimum atomic E-state index is -0.411. The number of ether oxygens (including phenoxy) is 1. The maximum atomic E-state index is 13.2. The maximum absolute atomic E-state index is 13.2. The lowest BCUT2D eigenvalue weighted by Crippen LogP contribution is -2.40. The van der Waals surface area contributed by atoms with E-state index in [2.05, 4.69) is 40.4 Å². The summed E-state index contributed by atoms with van der Waals surface area (Å²) in [4.78, 5) is 38.6. The van der Waals surface area contributed by atoms with Crippen LogP contribution < -0.4 is 10.6 Å². The summed E-state index contributed by atoms with van der Waals surface area (Å²) < 4.78 is 5.51. The van der Waals surface area contributed by atoms with Gasteiger partial charge in [0.2, 0.25) is 5.91 Å². The van der Waals surface area contributed by atoms with Crippen molar-refractivity contribution in [2.75, 3.05) is 10.6 Å². The smallest absolute Gasteiger partial charge is 0.310 e. The van der Waals surface area contributed by atoms with Crippen LogP contribution in [0.3, 0.4) is 0 Å². The van der Waals surface area contributed by atoms with Gasteiger partial charge in [-0.3, -0.25) is 14.4 Å². The number of para-hydroxylation sites is 1. The first-order chi connectivity index (χ1) is 15.9. The Kier molecular flexibility index (Phi) is 5.77. The molecule has 1 aliphatic heterocycles. The van der Waals surface area contributed by atoms with E-state index in [1.807, 2.05) is 18.2 Å². The van der Waals surface area contributed by atoms with E-state index in [1.165, 1.54) is 0 Å². The number of amides is 2. The molecule has 3 aliphatic rings. The molecule has 0 spiro atoms. The topological polar surface area (TPSA) is 84.5 Å². The van der Waals surface area contributed by atoms with Crippen LogP contribution in [0.4, 0.5) is 11.4 Å². The monoisotopic (exact) mass is 510 g/mol. The fraction of sp³-hybridized carbons (Fsp3) is 0.423. The number of hydrogen-bond acceptors (Lipinski definition) is 4. The second-order valence-corrected chi connectivity index (χ2v) is 10.2. The zero-order chi connectivity index (χ0) is 23.3. The van der Waals surface area contributed by atoms with E-state index in [4.69, 9.17) is 4.74 Å². The molecular formula is C26H27BrN2O4. The summed E-state index contributed by atoms with van der Waals surface area (Å²) >= 11 is 3.65. The molecule has 172 valence electrons. The van der Waals surface area contributed by atoms with Crippen LogP contribution in [-0.2, 0) is 27.2 Å². The molecule has 0 aromatic heterocycles. The van der Waals surface area contributed by atoms with Crippen LogP contribution in [0.5, 0.6) is 0 Å². The number of rotatable bonds is 6. The Bertz CT molecular complexity index is 1110. The molecule has 3 fully saturated rings. The summed E-state index contributed by atoms with van der Waals surface area (Å²) in [5.74, 6) is -1.23. The second-order valence-electron chi connectivity index (χ2n) is 9.14. The number of benzene rings is 2. The minimum Gasteiger partial charge on any atom is -0.461 e. The van der Waals surface area contributed by atoms with E-state index >= 15 is 0 Å². The third kappa shape index (κ3) is 3.66. The van der Waals surface area contributed by atoms with E-state index in [-0.39, 0.29) is 46.5 Å². The van der Waals surface area contributed by atoms with Gasteiger partial charge in [-0.05, 0) is 54.5 Å². The molecule has 2 bridgehead atoms. The quantitative estimate of drug-likeness (QED) is 0.440. The predicted molar refractivity (Wildman–Crippen MR) is 129 cm³/mol. The van der Waals surface area contributed by atoms with Gasteiger partial charge in [0, 0.05) is 22.9 Å². The molecular weight excluding hydrogens is 484 g/mol. The van der Waals surface area contributed by atoms with Crippen molar-refractivity contribution in [2.24, 2.45) is 23.7 Å². The lowest BCUT2D eigenvalue weighted by Gasteiger charge is -2.27. The summed E-state index contributed by atoms with van der Waals surface area (Å²) in [6.07, 6.45) is 2.36. The Balaban J connectivity index is 1.33. The Morgan fingerprint density at radius 3 is 2.42 bits per heavy atom. The molecule has 0 unspecified atom stereocenters. The fourth-order valence-corrected chi connectivity index (χ4v) is 6.93. The van der Waals surface area contributed by atoms with Gasteiger partial charge < -0.3 is 15.4 Å². The largest absolute Gasteiger partial charge is 0.461 e. The standard InChI is InChI=1S/C26H27BrN2O4/c1-3-13-7-5-8-14(4-2)22(13)29-24(30)15-9-6-10-16(11-15)28-25(31)19-17-12-18-20(19)26(32)33-23(18)21(17)27/h5-11,17-21,23H,3-4,12H2,1-2H3,(H,28,31)(H,29,30)/t17-,18-,19-,20+,21+,23+/m1/s1. The summed E-state index contributed by atoms with van der Waals surface area (Å²) in [7, 11) is 0. The molecule has 6 atom stereocenters. The van der Waals surface area contributed by atoms with Crippen molar-refractivity contribution in [1.82, 2.24) is 0 Å². The number of anilines is 2. The average Bonchev–Trinajstić information content (AvgIpc) is 3.43. The van der Waals surface area contributed by atoms with Gasteiger partial charge >= 0.3 is 5.97 Å². The number of carbonyl (C=O) groups is 3. The number of aryl methyl sites for hydroxylation is 2. The van der Waals surface area contributed by atoms with Crippen LogP contribution in [0.1, 0.15) is 41.8 Å². The van der Waals surface area contributed by atoms with E-state index in [9.17, 15) is 14.4 Å². The number of alkyl halides is 1. The number of carbonyl (C=O) groups excluding carboxylic acids is 3. The van der Waals surface area contributed by atoms with Crippen LogP contribution in [0.2, 0.25) is 0 Å². The average molecular weight is 511 g/mol. The maximum Gasteiger partial charge on any atom is 0.310 e. The van der Waals surface area contributed by atoms with Crippen molar-refractivity contribution in [3.63, 3.8) is 0 Å². The van der Waals surface area contributed by atoms with Crippen molar-refractivity contribution in [1.29, 1.82) is 0 Å². The highest BCUT2D eigenvalue weighted by Gasteiger charge is 2.67. The molecule has 2 aromatic carbocycles.